The molecule has 0 radical (unpaired) electrons. The monoisotopic (exact) mass is 243 g/mol. The number of methoxy groups -OCH3 is 1. The number of rotatable bonds is 1. The average molecular weight is 243 g/mol. The smallest absolute Gasteiger partial charge is 0.332 e. The quantitative estimate of drug-likeness (QED) is 0.479. The lowest BCUT2D eigenvalue weighted by Crippen LogP contribution is -2.50. The second-order valence-corrected chi connectivity index (χ2v) is 4.59. The molecule has 0 unspecified atom stereocenters. The molecule has 6 heteroatoms. The first-order valence-corrected chi connectivity index (χ1v) is 5.50. The zero-order valence-corrected chi connectivity index (χ0v) is 10.1. The molecule has 2 saturated heterocycles. The van der Waals surface area contributed by atoms with Crippen molar-refractivity contribution in [2.75, 3.05) is 13.7 Å². The van der Waals surface area contributed by atoms with Crippen molar-refractivity contribution >= 4 is 5.97 Å². The van der Waals surface area contributed by atoms with Gasteiger partial charge in [-0.25, -0.2) is 4.79 Å². The summed E-state index contributed by atoms with van der Waals surface area (Å²) in [7, 11) is 1.31. The molecule has 0 spiro atoms. The third-order valence-electron chi connectivity index (χ3n) is 2.80. The SMILES string of the molecule is COC(=O)/C=C1/NC[C@@H](O)[C@H]2OC(C)(C)O[C@@H]12. The highest BCUT2D eigenvalue weighted by Crippen LogP contribution is 2.34. The van der Waals surface area contributed by atoms with Crippen molar-refractivity contribution in [3.63, 3.8) is 0 Å². The van der Waals surface area contributed by atoms with Gasteiger partial charge in [-0.15, -0.1) is 0 Å². The van der Waals surface area contributed by atoms with Crippen molar-refractivity contribution in [3.05, 3.63) is 11.8 Å². The molecular weight excluding hydrogens is 226 g/mol. The van der Waals surface area contributed by atoms with Crippen molar-refractivity contribution < 1.29 is 24.1 Å². The number of carbonyl (C=O) groups is 1. The Morgan fingerprint density at radius 2 is 2.29 bits per heavy atom. The van der Waals surface area contributed by atoms with Crippen LogP contribution in [0.3, 0.4) is 0 Å². The first kappa shape index (κ1) is 12.3. The maximum atomic E-state index is 11.2. The summed E-state index contributed by atoms with van der Waals surface area (Å²) in [5.74, 6) is -1.23. The van der Waals surface area contributed by atoms with Crippen molar-refractivity contribution in [3.8, 4) is 0 Å². The summed E-state index contributed by atoms with van der Waals surface area (Å²) in [6, 6.07) is 0. The van der Waals surface area contributed by atoms with E-state index in [9.17, 15) is 9.90 Å². The maximum Gasteiger partial charge on any atom is 0.332 e. The number of nitrogens with one attached hydrogen (secondary N) is 1. The van der Waals surface area contributed by atoms with E-state index in [2.05, 4.69) is 10.1 Å². The van der Waals surface area contributed by atoms with Crippen LogP contribution in [0.2, 0.25) is 0 Å². The molecule has 6 nitrogen and oxygen atoms in total. The molecule has 0 saturated carbocycles. The Bertz CT molecular complexity index is 352. The summed E-state index contributed by atoms with van der Waals surface area (Å²) < 4.78 is 15.8. The highest BCUT2D eigenvalue weighted by molar-refractivity contribution is 5.82. The van der Waals surface area contributed by atoms with Crippen LogP contribution in [0.15, 0.2) is 11.8 Å². The summed E-state index contributed by atoms with van der Waals surface area (Å²) in [4.78, 5) is 11.2. The second kappa shape index (κ2) is 4.29. The highest BCUT2D eigenvalue weighted by atomic mass is 16.8. The van der Waals surface area contributed by atoms with Crippen LogP contribution in [-0.2, 0) is 19.0 Å². The van der Waals surface area contributed by atoms with Gasteiger partial charge >= 0.3 is 5.97 Å². The molecule has 0 aromatic heterocycles. The Morgan fingerprint density at radius 3 is 2.94 bits per heavy atom. The molecule has 2 aliphatic rings. The third-order valence-corrected chi connectivity index (χ3v) is 2.80. The predicted molar refractivity (Wildman–Crippen MR) is 57.9 cm³/mol. The summed E-state index contributed by atoms with van der Waals surface area (Å²) in [6.07, 6.45) is -0.250. The molecule has 2 aliphatic heterocycles. The Kier molecular flexibility index (Phi) is 3.11. The molecule has 2 N–H and O–H groups in total. The first-order valence-electron chi connectivity index (χ1n) is 5.50. The normalized spacial score (nSPS) is 37.4. The van der Waals surface area contributed by atoms with Gasteiger partial charge in [-0.3, -0.25) is 0 Å². The minimum Gasteiger partial charge on any atom is -0.466 e. The minimum absolute atomic E-state index is 0.323. The number of piperidine rings is 1. The number of fused-ring (bicyclic) bond motifs is 1. The Labute approximate surface area is 99.5 Å². The molecular formula is C11H17NO5. The highest BCUT2D eigenvalue weighted by Gasteiger charge is 2.48. The molecule has 0 aliphatic carbocycles. The van der Waals surface area contributed by atoms with Crippen LogP contribution in [0.1, 0.15) is 13.8 Å². The number of carbonyl (C=O) groups excluding carboxylic acids is 1. The van der Waals surface area contributed by atoms with Gasteiger partial charge < -0.3 is 24.6 Å². The van der Waals surface area contributed by atoms with Gasteiger partial charge in [0.05, 0.1) is 12.8 Å². The fourth-order valence-corrected chi connectivity index (χ4v) is 2.07. The largest absolute Gasteiger partial charge is 0.466 e. The van der Waals surface area contributed by atoms with E-state index < -0.39 is 30.1 Å². The number of esters is 1. The van der Waals surface area contributed by atoms with Crippen molar-refractivity contribution in [1.29, 1.82) is 0 Å². The van der Waals surface area contributed by atoms with Gasteiger partial charge in [0, 0.05) is 12.6 Å². The third kappa shape index (κ3) is 2.43. The summed E-state index contributed by atoms with van der Waals surface area (Å²) >= 11 is 0. The lowest BCUT2D eigenvalue weighted by atomic mass is 10.0. The molecule has 0 amide bonds. The van der Waals surface area contributed by atoms with E-state index in [1.165, 1.54) is 13.2 Å². The van der Waals surface area contributed by atoms with Crippen molar-refractivity contribution in [2.24, 2.45) is 0 Å². The van der Waals surface area contributed by atoms with E-state index in [0.717, 1.165) is 0 Å². The van der Waals surface area contributed by atoms with Crippen LogP contribution in [0, 0.1) is 0 Å². The van der Waals surface area contributed by atoms with E-state index in [4.69, 9.17) is 9.47 Å². The number of hydrogen-bond acceptors (Lipinski definition) is 6. The molecule has 2 fully saturated rings. The van der Waals surface area contributed by atoms with E-state index in [-0.39, 0.29) is 0 Å². The van der Waals surface area contributed by atoms with Crippen LogP contribution in [0.4, 0.5) is 0 Å². The van der Waals surface area contributed by atoms with E-state index >= 15 is 0 Å². The van der Waals surface area contributed by atoms with Gasteiger partial charge in [0.25, 0.3) is 0 Å². The van der Waals surface area contributed by atoms with E-state index in [1.807, 2.05) is 0 Å². The van der Waals surface area contributed by atoms with Gasteiger partial charge in [-0.1, -0.05) is 0 Å². The van der Waals surface area contributed by atoms with Crippen LogP contribution in [0.25, 0.3) is 0 Å². The zero-order valence-electron chi connectivity index (χ0n) is 10.1. The van der Waals surface area contributed by atoms with Gasteiger partial charge in [0.2, 0.25) is 0 Å². The first-order chi connectivity index (χ1) is 7.93. The van der Waals surface area contributed by atoms with Gasteiger partial charge in [-0.05, 0) is 13.8 Å². The Morgan fingerprint density at radius 1 is 1.59 bits per heavy atom. The number of ether oxygens (including phenoxy) is 3. The predicted octanol–water partition coefficient (Wildman–Crippen LogP) is -0.472. The zero-order chi connectivity index (χ0) is 12.6. The van der Waals surface area contributed by atoms with Crippen molar-refractivity contribution in [2.45, 2.75) is 37.9 Å². The fraction of sp³-hybridized carbons (Fsp3) is 0.727. The molecule has 96 valence electrons. The van der Waals surface area contributed by atoms with Gasteiger partial charge in [0.1, 0.15) is 18.3 Å². The summed E-state index contributed by atoms with van der Waals surface area (Å²) in [5.41, 5.74) is 0.581. The Balaban J connectivity index is 2.21. The number of aliphatic hydroxyl groups is 1. The summed E-state index contributed by atoms with van der Waals surface area (Å²) in [6.45, 7) is 3.87. The molecule has 0 aromatic carbocycles. The molecule has 0 bridgehead atoms. The van der Waals surface area contributed by atoms with Gasteiger partial charge in [0.15, 0.2) is 5.79 Å². The standard InChI is InChI=1S/C11H17NO5/c1-11(2)16-9-6(4-8(14)15-3)12-5-7(13)10(9)17-11/h4,7,9-10,12-13H,5H2,1-3H3/b6-4+/t7-,9+,10-/m1/s1. The maximum absolute atomic E-state index is 11.2. The number of hydrogen-bond donors (Lipinski definition) is 2. The number of aliphatic hydroxyl groups excluding tert-OH is 1. The number of β-amino-alcohol motifs (C(OH)–C–C–N with tert-alkyl or cyclic N) is 1. The second-order valence-electron chi connectivity index (χ2n) is 4.59. The minimum atomic E-state index is -0.766. The fourth-order valence-electron chi connectivity index (χ4n) is 2.07. The van der Waals surface area contributed by atoms with Crippen LogP contribution in [0.5, 0.6) is 0 Å². The molecule has 17 heavy (non-hydrogen) atoms. The van der Waals surface area contributed by atoms with E-state index in [0.29, 0.717) is 12.2 Å². The molecule has 2 rings (SSSR count). The lowest BCUT2D eigenvalue weighted by molar-refractivity contribution is -0.151. The lowest BCUT2D eigenvalue weighted by Gasteiger charge is -2.30. The molecule has 2 heterocycles. The molecule has 0 aromatic rings. The van der Waals surface area contributed by atoms with Crippen LogP contribution >= 0.6 is 0 Å². The van der Waals surface area contributed by atoms with Gasteiger partial charge in [-0.2, -0.15) is 0 Å². The average Bonchev–Trinajstić information content (AvgIpc) is 2.59. The molecule has 3 atom stereocenters. The Hall–Kier alpha value is -1.11. The summed E-state index contributed by atoms with van der Waals surface area (Å²) in [5, 5.41) is 12.8. The van der Waals surface area contributed by atoms with Crippen molar-refractivity contribution in [1.82, 2.24) is 5.32 Å². The van der Waals surface area contributed by atoms with Crippen LogP contribution < -0.4 is 5.32 Å². The van der Waals surface area contributed by atoms with Crippen LogP contribution in [-0.4, -0.2) is 48.8 Å². The topological polar surface area (TPSA) is 77.0 Å². The van der Waals surface area contributed by atoms with E-state index in [1.54, 1.807) is 13.8 Å².